The van der Waals surface area contributed by atoms with Crippen molar-refractivity contribution in [3.05, 3.63) is 120 Å². The molecule has 4 aromatic rings. The fourth-order valence-corrected chi connectivity index (χ4v) is 14.8. The number of hydrazone groups is 2. The molecule has 21 nitrogen and oxygen atoms in total. The number of sulfone groups is 3. The third kappa shape index (κ3) is 11.5. The van der Waals surface area contributed by atoms with Crippen molar-refractivity contribution in [1.29, 1.82) is 0 Å². The summed E-state index contributed by atoms with van der Waals surface area (Å²) in [5, 5.41) is 25.1. The summed E-state index contributed by atoms with van der Waals surface area (Å²) in [5.74, 6) is -0.622. The molecule has 5 aliphatic heterocycles. The second-order valence-electron chi connectivity index (χ2n) is 17.4. The van der Waals surface area contributed by atoms with Crippen LogP contribution in [0.15, 0.2) is 98.9 Å². The summed E-state index contributed by atoms with van der Waals surface area (Å²) in [6, 6.07) is 9.50. The molecule has 77 heavy (non-hydrogen) atoms. The Morgan fingerprint density at radius 1 is 0.610 bits per heavy atom. The Hall–Kier alpha value is -6.16. The number of aryl methyl sites for hydroxylation is 1. The van der Waals surface area contributed by atoms with Gasteiger partial charge in [0.05, 0.1) is 71.9 Å². The predicted molar refractivity (Wildman–Crippen MR) is 297 cm³/mol. The third-order valence-electron chi connectivity index (χ3n) is 13.0. The van der Waals surface area contributed by atoms with Gasteiger partial charge in [-0.25, -0.2) is 35.3 Å². The number of carbonyl (C=O) groups excluding carboxylic acids is 2. The largest absolute Gasteiger partial charge is 2.00 e. The van der Waals surface area contributed by atoms with E-state index in [4.69, 9.17) is 52.0 Å². The van der Waals surface area contributed by atoms with Crippen LogP contribution >= 0.6 is 12.2 Å². The van der Waals surface area contributed by atoms with Crippen LogP contribution in [0, 0.1) is 20.8 Å². The van der Waals surface area contributed by atoms with Crippen LogP contribution in [0.4, 0.5) is 0 Å². The summed E-state index contributed by atoms with van der Waals surface area (Å²) in [7, 11) is -2.81. The Morgan fingerprint density at radius 3 is 1.25 bits per heavy atom. The molecule has 28 heteroatoms. The van der Waals surface area contributed by atoms with Crippen LogP contribution in [0.5, 0.6) is 0 Å². The van der Waals surface area contributed by atoms with Crippen molar-refractivity contribution in [2.45, 2.75) is 68.2 Å². The van der Waals surface area contributed by atoms with E-state index in [1.54, 1.807) is 59.3 Å². The molecule has 0 spiro atoms. The molecule has 0 saturated carbocycles. The molecule has 3 aromatic carbocycles. The summed E-state index contributed by atoms with van der Waals surface area (Å²) in [4.78, 5) is 53.0. The SMILES string of the molecule is CCn1[nH]cc(C(=S)c2ccc3c(c2C)/C(=N/OC)CCS3(=O)=O)c1=O.CO/N=C1\CCS(=O)(=O)c2ccc(/C([S-])=C3\C=NN(C)C3=O)c(C)c21.CO/N=C1\CCS(=O)(=O)c2ccc(/C([S-])=C3\C=NN(C)C3=O)c(C)c21.[Zn+2]. The maximum atomic E-state index is 12.4. The van der Waals surface area contributed by atoms with Crippen LogP contribution in [0.25, 0.3) is 9.81 Å². The molecule has 0 radical (unpaired) electrons. The van der Waals surface area contributed by atoms with Crippen LogP contribution in [0.2, 0.25) is 0 Å². The predicted octanol–water partition coefficient (Wildman–Crippen LogP) is 4.27. The molecule has 0 saturated heterocycles. The maximum Gasteiger partial charge on any atom is 2.00 e. The van der Waals surface area contributed by atoms with E-state index in [0.717, 1.165) is 0 Å². The van der Waals surface area contributed by atoms with E-state index in [0.29, 0.717) is 105 Å². The molecule has 402 valence electrons. The summed E-state index contributed by atoms with van der Waals surface area (Å²) in [6.07, 6.45) is 5.22. The third-order valence-corrected chi connectivity index (χ3v) is 19.5. The number of likely N-dealkylation sites (N-methyl/N-ethyl adjacent to an activating group) is 2. The van der Waals surface area contributed by atoms with Crippen molar-refractivity contribution >= 4 is 123 Å². The fraction of sp³-hybridized carbons (Fsp3) is 0.327. The monoisotopic (exact) mass is 1210 g/mol. The standard InChI is InChI=1S/C17H19N3O4S2.2C16H17N3O4S2.Zn/c1-4-20-17(21)12(9-18-20)16(25)11-5-6-14-15(10(11)2)13(19-24-3)7-8-26(14,22)23;2*1-9-10(15(24)11-8-17-19(2)16(11)20)4-5-13-14(9)12(18-23-3)6-7-25(13,21)22;/h5-6,9,18H,4,7-8H2,1-3H3;2*4-5,8,24H,6-7H2,1-3H3;/q;;;+2/p-2/b19-13+;2*15-11-,18-12+;. The number of H-pyrrole nitrogens is 1. The molecule has 9 rings (SSSR count). The van der Waals surface area contributed by atoms with Gasteiger partial charge in [0.25, 0.3) is 17.4 Å². The number of amides is 2. The normalized spacial score (nSPS) is 20.2. The number of hydrogen-bond donors (Lipinski definition) is 1. The van der Waals surface area contributed by atoms with Crippen LogP contribution in [0.1, 0.15) is 81.8 Å². The van der Waals surface area contributed by atoms with Crippen LogP contribution in [0.3, 0.4) is 0 Å². The van der Waals surface area contributed by atoms with Gasteiger partial charge in [-0.15, -0.1) is 0 Å². The van der Waals surface area contributed by atoms with E-state index in [1.165, 1.54) is 66.7 Å². The van der Waals surface area contributed by atoms with Gasteiger partial charge in [0.2, 0.25) is 0 Å². The van der Waals surface area contributed by atoms with Gasteiger partial charge in [-0.1, -0.05) is 45.9 Å². The van der Waals surface area contributed by atoms with E-state index in [9.17, 15) is 39.6 Å². The minimum Gasteiger partial charge on any atom is -0.778 e. The Labute approximate surface area is 474 Å². The van der Waals surface area contributed by atoms with Gasteiger partial charge in [0, 0.05) is 73.9 Å². The topological polar surface area (TPSA) is 270 Å². The number of nitrogens with one attached hydrogen (secondary N) is 1. The Bertz CT molecular complexity index is 3630. The zero-order valence-corrected chi connectivity index (χ0v) is 51.1. The number of fused-ring (bicyclic) bond motifs is 3. The zero-order chi connectivity index (χ0) is 55.8. The quantitative estimate of drug-likeness (QED) is 0.0644. The van der Waals surface area contributed by atoms with E-state index in [1.807, 2.05) is 6.92 Å². The van der Waals surface area contributed by atoms with Crippen molar-refractivity contribution in [2.24, 2.45) is 25.7 Å². The number of thiocarbonyl (C=S) groups is 1. The fourth-order valence-electron chi connectivity index (χ4n) is 9.06. The molecule has 0 bridgehead atoms. The first-order valence-corrected chi connectivity index (χ1v) is 29.3. The molecule has 2 amide bonds. The smallest absolute Gasteiger partial charge is 0.778 e. The van der Waals surface area contributed by atoms with E-state index in [-0.39, 0.29) is 88.1 Å². The van der Waals surface area contributed by atoms with Crippen molar-refractivity contribution in [1.82, 2.24) is 19.8 Å². The first kappa shape index (κ1) is 60.1. The van der Waals surface area contributed by atoms with Gasteiger partial charge in [-0.3, -0.25) is 19.1 Å². The summed E-state index contributed by atoms with van der Waals surface area (Å²) < 4.78 is 75.9. The molecule has 1 aromatic heterocycles. The minimum atomic E-state index is -3.38. The number of carbonyl (C=O) groups is 2. The van der Waals surface area contributed by atoms with Crippen LogP contribution < -0.4 is 5.56 Å². The average molecular weight is 1220 g/mol. The molecule has 6 heterocycles. The van der Waals surface area contributed by atoms with Crippen LogP contribution in [-0.2, 0) is 105 Å². The molecular formula is C49H51N9O12S6Zn. The first-order valence-electron chi connectivity index (χ1n) is 23.1. The van der Waals surface area contributed by atoms with Crippen molar-refractivity contribution in [3.8, 4) is 0 Å². The first-order chi connectivity index (χ1) is 35.9. The molecule has 5 aliphatic rings. The number of oxime groups is 3. The number of hydrogen-bond acceptors (Lipinski definition) is 20. The van der Waals surface area contributed by atoms with Gasteiger partial charge in [-0.05, 0) is 79.3 Å². The maximum absolute atomic E-state index is 12.4. The molecule has 0 fully saturated rings. The molecule has 0 aliphatic carbocycles. The Kier molecular flexibility index (Phi) is 18.6. The van der Waals surface area contributed by atoms with Gasteiger partial charge < -0.3 is 44.9 Å². The number of benzene rings is 3. The van der Waals surface area contributed by atoms with E-state index in [2.05, 4.69) is 30.8 Å². The Morgan fingerprint density at radius 2 is 0.948 bits per heavy atom. The number of aromatic nitrogens is 2. The molecule has 1 N–H and O–H groups in total. The minimum absolute atomic E-state index is 0. The number of rotatable bonds is 8. The van der Waals surface area contributed by atoms with E-state index < -0.39 is 29.5 Å². The summed E-state index contributed by atoms with van der Waals surface area (Å²) >= 11 is 16.5. The second kappa shape index (κ2) is 23.8. The van der Waals surface area contributed by atoms with Crippen LogP contribution in [-0.4, -0.2) is 144 Å². The number of aromatic amines is 1. The average Bonchev–Trinajstić information content (AvgIpc) is 4.11. The van der Waals surface area contributed by atoms with Gasteiger partial charge in [-0.2, -0.15) is 20.0 Å². The van der Waals surface area contributed by atoms with Crippen molar-refractivity contribution in [3.63, 3.8) is 0 Å². The van der Waals surface area contributed by atoms with Crippen molar-refractivity contribution < 1.29 is 68.8 Å². The second-order valence-corrected chi connectivity index (χ2v) is 24.9. The molecular weight excluding hydrogens is 1160 g/mol. The van der Waals surface area contributed by atoms with Gasteiger partial charge in [0.1, 0.15) is 21.3 Å². The molecule has 0 unspecified atom stereocenters. The van der Waals surface area contributed by atoms with Gasteiger partial charge >= 0.3 is 19.5 Å². The zero-order valence-electron chi connectivity index (χ0n) is 43.3. The summed E-state index contributed by atoms with van der Waals surface area (Å²) in [6.45, 7) is 7.69. The summed E-state index contributed by atoms with van der Waals surface area (Å²) in [5.41, 5.74) is 7.86. The van der Waals surface area contributed by atoms with Crippen molar-refractivity contribution in [2.75, 3.05) is 52.7 Å². The Balaban J connectivity index is 0.000000186. The van der Waals surface area contributed by atoms with Gasteiger partial charge in [0.15, 0.2) is 29.5 Å². The number of nitrogens with zero attached hydrogens (tertiary/aromatic N) is 8. The van der Waals surface area contributed by atoms with E-state index >= 15 is 0 Å². The molecule has 0 atom stereocenters.